The number of phenolic OH excluding ortho intramolecular Hbond substituents is 1. The summed E-state index contributed by atoms with van der Waals surface area (Å²) >= 11 is 0. The average molecular weight is 256 g/mol. The van der Waals surface area contributed by atoms with Crippen molar-refractivity contribution >= 4 is 11.5 Å². The van der Waals surface area contributed by atoms with E-state index in [1.807, 2.05) is 0 Å². The van der Waals surface area contributed by atoms with Crippen molar-refractivity contribution in [1.82, 2.24) is 0 Å². The van der Waals surface area contributed by atoms with Crippen molar-refractivity contribution in [3.63, 3.8) is 0 Å². The Morgan fingerprint density at radius 1 is 1.11 bits per heavy atom. The number of carbonyl (C=O) groups is 1. The fraction of sp³-hybridized carbons (Fsp3) is 0. The highest BCUT2D eigenvalue weighted by molar-refractivity contribution is 6.07. The first-order chi connectivity index (χ1) is 9.08. The monoisotopic (exact) mass is 256 g/mol. The molecule has 1 aliphatic carbocycles. The summed E-state index contributed by atoms with van der Waals surface area (Å²) in [7, 11) is 0. The van der Waals surface area contributed by atoms with Crippen LogP contribution in [0.1, 0.15) is 11.1 Å². The number of hydrogen-bond acceptors (Lipinski definition) is 2. The number of phenols is 1. The van der Waals surface area contributed by atoms with Gasteiger partial charge in [0.25, 0.3) is 0 Å². The van der Waals surface area contributed by atoms with Crippen molar-refractivity contribution in [2.45, 2.75) is 0 Å². The third-order valence-corrected chi connectivity index (χ3v) is 3.14. The molecule has 0 amide bonds. The third-order valence-electron chi connectivity index (χ3n) is 3.14. The van der Waals surface area contributed by atoms with Gasteiger partial charge in [-0.3, -0.25) is 0 Å². The Hall–Kier alpha value is -2.62. The fourth-order valence-electron chi connectivity index (χ4n) is 2.43. The van der Waals surface area contributed by atoms with Crippen LogP contribution in [0.25, 0.3) is 16.7 Å². The van der Waals surface area contributed by atoms with Gasteiger partial charge in [0, 0.05) is 11.6 Å². The second-order valence-electron chi connectivity index (χ2n) is 4.29. The minimum absolute atomic E-state index is 0.0548. The van der Waals surface area contributed by atoms with Crippen LogP contribution in [-0.2, 0) is 4.79 Å². The summed E-state index contributed by atoms with van der Waals surface area (Å²) in [6, 6.07) is 8.98. The van der Waals surface area contributed by atoms with Crippen molar-refractivity contribution in [2.24, 2.45) is 0 Å². The zero-order valence-corrected chi connectivity index (χ0v) is 9.72. The molecule has 0 saturated carbocycles. The summed E-state index contributed by atoms with van der Waals surface area (Å²) in [4.78, 5) is 10.9. The second kappa shape index (κ2) is 3.95. The molecule has 0 unspecified atom stereocenters. The van der Waals surface area contributed by atoms with Gasteiger partial charge in [0.15, 0.2) is 0 Å². The molecule has 3 nitrogen and oxygen atoms in total. The second-order valence-corrected chi connectivity index (χ2v) is 4.29. The van der Waals surface area contributed by atoms with E-state index in [9.17, 15) is 14.3 Å². The highest BCUT2D eigenvalue weighted by atomic mass is 19.1. The van der Waals surface area contributed by atoms with Gasteiger partial charge in [-0.15, -0.1) is 0 Å². The zero-order chi connectivity index (χ0) is 13.6. The number of halogens is 1. The van der Waals surface area contributed by atoms with Gasteiger partial charge in [-0.1, -0.05) is 18.2 Å². The average Bonchev–Trinajstić information content (AvgIpc) is 2.64. The van der Waals surface area contributed by atoms with Crippen molar-refractivity contribution in [3.8, 4) is 16.9 Å². The maximum Gasteiger partial charge on any atom is 0.328 e. The lowest BCUT2D eigenvalue weighted by Crippen LogP contribution is -1.91. The molecule has 0 bridgehead atoms. The Kier molecular flexibility index (Phi) is 2.38. The minimum atomic E-state index is -1.11. The van der Waals surface area contributed by atoms with Crippen LogP contribution in [0.15, 0.2) is 42.5 Å². The van der Waals surface area contributed by atoms with Crippen molar-refractivity contribution < 1.29 is 19.4 Å². The van der Waals surface area contributed by atoms with Crippen LogP contribution in [0.4, 0.5) is 4.39 Å². The molecule has 94 valence electrons. The normalized spacial score (nSPS) is 14.3. The van der Waals surface area contributed by atoms with E-state index >= 15 is 0 Å². The minimum Gasteiger partial charge on any atom is -0.507 e. The fourth-order valence-corrected chi connectivity index (χ4v) is 2.43. The molecule has 19 heavy (non-hydrogen) atoms. The maximum absolute atomic E-state index is 13.4. The van der Waals surface area contributed by atoms with Crippen LogP contribution in [0.3, 0.4) is 0 Å². The van der Waals surface area contributed by atoms with Crippen LogP contribution < -0.4 is 0 Å². The van der Waals surface area contributed by atoms with E-state index in [2.05, 4.69) is 0 Å². The van der Waals surface area contributed by atoms with Gasteiger partial charge in [-0.05, 0) is 40.5 Å². The predicted molar refractivity (Wildman–Crippen MR) is 68.2 cm³/mol. The van der Waals surface area contributed by atoms with E-state index in [4.69, 9.17) is 5.11 Å². The van der Waals surface area contributed by atoms with E-state index in [1.54, 1.807) is 18.2 Å². The van der Waals surface area contributed by atoms with Gasteiger partial charge < -0.3 is 10.2 Å². The predicted octanol–water partition coefficient (Wildman–Crippen LogP) is 3.03. The molecule has 3 rings (SSSR count). The number of rotatable bonds is 1. The molecule has 1 aliphatic rings. The van der Waals surface area contributed by atoms with Crippen LogP contribution >= 0.6 is 0 Å². The first-order valence-corrected chi connectivity index (χ1v) is 5.65. The zero-order valence-electron chi connectivity index (χ0n) is 9.72. The Morgan fingerprint density at radius 2 is 1.89 bits per heavy atom. The van der Waals surface area contributed by atoms with Crippen molar-refractivity contribution in [1.29, 1.82) is 0 Å². The summed E-state index contributed by atoms with van der Waals surface area (Å²) in [6.07, 6.45) is 1.03. The Bertz CT molecular complexity index is 732. The highest BCUT2D eigenvalue weighted by Crippen LogP contribution is 2.48. The van der Waals surface area contributed by atoms with E-state index in [0.29, 0.717) is 27.8 Å². The molecule has 0 heterocycles. The molecular formula is C15H9FO3. The quantitative estimate of drug-likeness (QED) is 0.658. The van der Waals surface area contributed by atoms with Gasteiger partial charge >= 0.3 is 5.97 Å². The van der Waals surface area contributed by atoms with Gasteiger partial charge in [0.2, 0.25) is 0 Å². The van der Waals surface area contributed by atoms with E-state index in [1.165, 1.54) is 18.2 Å². The molecule has 0 aromatic heterocycles. The van der Waals surface area contributed by atoms with E-state index in [-0.39, 0.29) is 5.75 Å². The standard InChI is InChI=1S/C15H9FO3/c16-8-4-5-10-11(6-8)12(7-14(18)19)9-2-1-3-13(17)15(9)10/h1-7,17H,(H,18,19)/b12-7-. The van der Waals surface area contributed by atoms with E-state index < -0.39 is 11.8 Å². The number of aliphatic carboxylic acids is 1. The van der Waals surface area contributed by atoms with Gasteiger partial charge in [-0.2, -0.15) is 0 Å². The first kappa shape index (κ1) is 11.5. The Labute approximate surface area is 108 Å². The lowest BCUT2D eigenvalue weighted by Gasteiger charge is -2.02. The van der Waals surface area contributed by atoms with Crippen molar-refractivity contribution in [2.75, 3.05) is 0 Å². The molecule has 0 radical (unpaired) electrons. The molecule has 2 N–H and O–H groups in total. The summed E-state index contributed by atoms with van der Waals surface area (Å²) in [5.74, 6) is -1.50. The Balaban J connectivity index is 2.39. The number of aromatic hydroxyl groups is 1. The number of fused-ring (bicyclic) bond motifs is 3. The molecule has 0 saturated heterocycles. The van der Waals surface area contributed by atoms with Gasteiger partial charge in [0.05, 0.1) is 0 Å². The molecule has 2 aromatic rings. The van der Waals surface area contributed by atoms with E-state index in [0.717, 1.165) is 6.08 Å². The number of carboxylic acids is 1. The third kappa shape index (κ3) is 1.69. The van der Waals surface area contributed by atoms with Gasteiger partial charge in [-0.25, -0.2) is 9.18 Å². The summed E-state index contributed by atoms with van der Waals surface area (Å²) in [6.45, 7) is 0. The molecule has 0 fully saturated rings. The molecule has 2 aromatic carbocycles. The van der Waals surface area contributed by atoms with Crippen LogP contribution in [0.5, 0.6) is 5.75 Å². The molecule has 0 spiro atoms. The van der Waals surface area contributed by atoms with Crippen LogP contribution in [-0.4, -0.2) is 16.2 Å². The number of benzene rings is 2. The lowest BCUT2D eigenvalue weighted by atomic mass is 10.0. The summed E-state index contributed by atoms with van der Waals surface area (Å²) in [5.41, 5.74) is 2.68. The summed E-state index contributed by atoms with van der Waals surface area (Å²) < 4.78 is 13.4. The highest BCUT2D eigenvalue weighted by Gasteiger charge is 2.26. The summed E-state index contributed by atoms with van der Waals surface area (Å²) in [5, 5.41) is 18.9. The number of hydrogen-bond donors (Lipinski definition) is 2. The largest absolute Gasteiger partial charge is 0.507 e. The van der Waals surface area contributed by atoms with Gasteiger partial charge in [0.1, 0.15) is 11.6 Å². The molecule has 4 heteroatoms. The Morgan fingerprint density at radius 3 is 2.63 bits per heavy atom. The maximum atomic E-state index is 13.4. The first-order valence-electron chi connectivity index (χ1n) is 5.65. The van der Waals surface area contributed by atoms with Crippen LogP contribution in [0, 0.1) is 5.82 Å². The van der Waals surface area contributed by atoms with Crippen molar-refractivity contribution in [3.05, 3.63) is 59.4 Å². The SMILES string of the molecule is O=C(O)/C=C1\c2cc(F)ccc2-c2c(O)cccc21. The van der Waals surface area contributed by atoms with Crippen LogP contribution in [0.2, 0.25) is 0 Å². The smallest absolute Gasteiger partial charge is 0.328 e. The molecule has 0 aliphatic heterocycles. The molecule has 0 atom stereocenters. The lowest BCUT2D eigenvalue weighted by molar-refractivity contribution is -0.131. The molecular weight excluding hydrogens is 247 g/mol. The topological polar surface area (TPSA) is 57.5 Å². The number of carboxylic acid groups (broad SMARTS) is 1.